The Balaban J connectivity index is 2.56. The Hall–Kier alpha value is 0.650. The van der Waals surface area contributed by atoms with E-state index in [4.69, 9.17) is 41.7 Å². The molecule has 1 heterocycles. The van der Waals surface area contributed by atoms with Crippen LogP contribution < -0.4 is 0 Å². The maximum absolute atomic E-state index is 12.3. The highest BCUT2D eigenvalue weighted by Gasteiger charge is 2.39. The Kier molecular flexibility index (Phi) is 7.24. The van der Waals surface area contributed by atoms with E-state index in [0.717, 1.165) is 6.42 Å². The lowest BCUT2D eigenvalue weighted by atomic mass is 10.5. The number of halogens is 2. The van der Waals surface area contributed by atoms with Gasteiger partial charge in [-0.3, -0.25) is 4.57 Å². The van der Waals surface area contributed by atoms with Crippen molar-refractivity contribution in [3.63, 3.8) is 0 Å². The zero-order chi connectivity index (χ0) is 11.9. The molecule has 0 unspecified atom stereocenters. The van der Waals surface area contributed by atoms with Gasteiger partial charge in [-0.15, -0.1) is 23.2 Å². The molecule has 1 saturated heterocycles. The van der Waals surface area contributed by atoms with E-state index in [-0.39, 0.29) is 25.0 Å². The zero-order valence-corrected chi connectivity index (χ0v) is 11.2. The maximum Gasteiger partial charge on any atom is 0.386 e. The minimum atomic E-state index is -3.44. The molecule has 0 aromatic carbocycles. The van der Waals surface area contributed by atoms with Crippen molar-refractivity contribution in [2.45, 2.75) is 12.5 Å². The van der Waals surface area contributed by atoms with Crippen LogP contribution in [0.4, 0.5) is 0 Å². The lowest BCUT2D eigenvalue weighted by molar-refractivity contribution is -0.142. The van der Waals surface area contributed by atoms with Crippen molar-refractivity contribution in [1.29, 1.82) is 0 Å². The molecule has 16 heavy (non-hydrogen) atoms. The normalized spacial score (nSPS) is 18.9. The predicted molar refractivity (Wildman–Crippen MR) is 61.3 cm³/mol. The molecule has 0 spiro atoms. The number of hydrogen-bond acceptors (Lipinski definition) is 5. The van der Waals surface area contributed by atoms with Gasteiger partial charge in [-0.1, -0.05) is 0 Å². The summed E-state index contributed by atoms with van der Waals surface area (Å²) in [5.74, 6) is 0.446. The first-order valence-electron chi connectivity index (χ1n) is 4.97. The highest BCUT2D eigenvalue weighted by atomic mass is 35.5. The topological polar surface area (TPSA) is 54.0 Å². The average molecular weight is 293 g/mol. The van der Waals surface area contributed by atoms with Crippen molar-refractivity contribution in [2.75, 3.05) is 38.2 Å². The molecule has 0 saturated carbocycles. The summed E-state index contributed by atoms with van der Waals surface area (Å²) >= 11 is 10.9. The monoisotopic (exact) mass is 292 g/mol. The van der Waals surface area contributed by atoms with E-state index in [1.165, 1.54) is 0 Å². The van der Waals surface area contributed by atoms with E-state index in [1.807, 2.05) is 0 Å². The van der Waals surface area contributed by atoms with Crippen LogP contribution in [0.2, 0.25) is 0 Å². The molecule has 0 N–H and O–H groups in total. The molecule has 0 aliphatic carbocycles. The lowest BCUT2D eigenvalue weighted by Gasteiger charge is -2.29. The van der Waals surface area contributed by atoms with Crippen LogP contribution in [-0.4, -0.2) is 44.2 Å². The SMILES string of the molecule is O=P(OCCCl)(OCCCl)C1OCCCO1. The van der Waals surface area contributed by atoms with Crippen LogP contribution in [-0.2, 0) is 23.1 Å². The van der Waals surface area contributed by atoms with Gasteiger partial charge < -0.3 is 18.5 Å². The molecule has 96 valence electrons. The summed E-state index contributed by atoms with van der Waals surface area (Å²) in [4.78, 5) is 0. The van der Waals surface area contributed by atoms with Crippen molar-refractivity contribution in [3.05, 3.63) is 0 Å². The first-order valence-corrected chi connectivity index (χ1v) is 7.65. The second-order valence-electron chi connectivity index (χ2n) is 2.99. The molecule has 0 radical (unpaired) electrons. The van der Waals surface area contributed by atoms with Crippen molar-refractivity contribution < 1.29 is 23.1 Å². The molecule has 1 fully saturated rings. The predicted octanol–water partition coefficient (Wildman–Crippen LogP) is 2.41. The minimum Gasteiger partial charge on any atom is -0.342 e. The number of rotatable bonds is 7. The quantitative estimate of drug-likeness (QED) is 0.533. The minimum absolute atomic E-state index is 0.115. The van der Waals surface area contributed by atoms with Crippen LogP contribution in [0.15, 0.2) is 0 Å². The average Bonchev–Trinajstić information content (AvgIpc) is 2.35. The van der Waals surface area contributed by atoms with Gasteiger partial charge in [0.1, 0.15) is 0 Å². The Bertz CT molecular complexity index is 222. The van der Waals surface area contributed by atoms with Gasteiger partial charge in [0.15, 0.2) is 0 Å². The van der Waals surface area contributed by atoms with E-state index in [0.29, 0.717) is 13.2 Å². The zero-order valence-electron chi connectivity index (χ0n) is 8.77. The fraction of sp³-hybridized carbons (Fsp3) is 1.00. The summed E-state index contributed by atoms with van der Waals surface area (Å²) < 4.78 is 32.9. The van der Waals surface area contributed by atoms with Crippen LogP contribution in [0.1, 0.15) is 6.42 Å². The molecule has 0 aromatic rings. The Morgan fingerprint density at radius 1 is 1.12 bits per heavy atom. The van der Waals surface area contributed by atoms with Gasteiger partial charge in [0.2, 0.25) is 0 Å². The van der Waals surface area contributed by atoms with Gasteiger partial charge in [-0.05, 0) is 6.42 Å². The van der Waals surface area contributed by atoms with Crippen LogP contribution >= 0.6 is 30.8 Å². The number of alkyl halides is 2. The highest BCUT2D eigenvalue weighted by Crippen LogP contribution is 2.54. The summed E-state index contributed by atoms with van der Waals surface area (Å²) in [6, 6.07) is -0.965. The summed E-state index contributed by atoms with van der Waals surface area (Å²) in [6.07, 6.45) is 0.765. The molecule has 0 bridgehead atoms. The number of ether oxygens (including phenoxy) is 2. The fourth-order valence-corrected chi connectivity index (χ4v) is 3.10. The molecule has 1 aliphatic rings. The van der Waals surface area contributed by atoms with Crippen molar-refractivity contribution in [3.8, 4) is 0 Å². The van der Waals surface area contributed by atoms with Crippen LogP contribution in [0.3, 0.4) is 0 Å². The summed E-state index contributed by atoms with van der Waals surface area (Å²) in [5.41, 5.74) is 0. The van der Waals surface area contributed by atoms with Crippen molar-refractivity contribution in [1.82, 2.24) is 0 Å². The first-order chi connectivity index (χ1) is 7.73. The highest BCUT2D eigenvalue weighted by molar-refractivity contribution is 7.54. The van der Waals surface area contributed by atoms with E-state index in [9.17, 15) is 4.57 Å². The van der Waals surface area contributed by atoms with Gasteiger partial charge >= 0.3 is 7.60 Å². The summed E-state index contributed by atoms with van der Waals surface area (Å²) in [7, 11) is -3.44. The van der Waals surface area contributed by atoms with E-state index >= 15 is 0 Å². The molecule has 0 amide bonds. The molecule has 5 nitrogen and oxygen atoms in total. The third kappa shape index (κ3) is 4.49. The third-order valence-electron chi connectivity index (χ3n) is 1.76. The Labute approximate surface area is 105 Å². The molecule has 1 aliphatic heterocycles. The van der Waals surface area contributed by atoms with Crippen LogP contribution in [0.5, 0.6) is 0 Å². The third-order valence-corrected chi connectivity index (χ3v) is 3.97. The Morgan fingerprint density at radius 2 is 1.62 bits per heavy atom. The number of hydrogen-bond donors (Lipinski definition) is 0. The molecule has 8 heteroatoms. The second kappa shape index (κ2) is 7.88. The molecule has 1 rings (SSSR count). The standard InChI is InChI=1S/C8H15Cl2O5P/c9-2-6-14-16(11,15-7-3-10)8-12-4-1-5-13-8/h8H,1-7H2. The van der Waals surface area contributed by atoms with Crippen molar-refractivity contribution >= 4 is 30.8 Å². The van der Waals surface area contributed by atoms with Crippen molar-refractivity contribution in [2.24, 2.45) is 0 Å². The Morgan fingerprint density at radius 3 is 2.06 bits per heavy atom. The fourth-order valence-electron chi connectivity index (χ4n) is 1.14. The lowest BCUT2D eigenvalue weighted by Crippen LogP contribution is -2.27. The van der Waals surface area contributed by atoms with E-state index in [2.05, 4.69) is 0 Å². The van der Waals surface area contributed by atoms with Gasteiger partial charge in [0.25, 0.3) is 6.03 Å². The maximum atomic E-state index is 12.3. The molecular formula is C8H15Cl2O5P. The molecule has 0 aromatic heterocycles. The smallest absolute Gasteiger partial charge is 0.342 e. The summed E-state index contributed by atoms with van der Waals surface area (Å²) in [5, 5.41) is 0. The van der Waals surface area contributed by atoms with Crippen LogP contribution in [0, 0.1) is 0 Å². The van der Waals surface area contributed by atoms with E-state index in [1.54, 1.807) is 0 Å². The van der Waals surface area contributed by atoms with Gasteiger partial charge in [-0.2, -0.15) is 0 Å². The largest absolute Gasteiger partial charge is 0.386 e. The summed E-state index contributed by atoms with van der Waals surface area (Å²) in [6.45, 7) is 1.18. The second-order valence-corrected chi connectivity index (χ2v) is 5.76. The van der Waals surface area contributed by atoms with Gasteiger partial charge in [0.05, 0.1) is 26.4 Å². The van der Waals surface area contributed by atoms with Gasteiger partial charge in [-0.25, -0.2) is 0 Å². The molecule has 0 atom stereocenters. The first kappa shape index (κ1) is 14.7. The van der Waals surface area contributed by atoms with E-state index < -0.39 is 13.6 Å². The molecular weight excluding hydrogens is 278 g/mol. The van der Waals surface area contributed by atoms with Gasteiger partial charge in [0, 0.05) is 11.8 Å². The van der Waals surface area contributed by atoms with Crippen LogP contribution in [0.25, 0.3) is 0 Å².